The Kier molecular flexibility index (Phi) is 5.24. The van der Waals surface area contributed by atoms with E-state index in [4.69, 9.17) is 0 Å². The van der Waals surface area contributed by atoms with Crippen molar-refractivity contribution < 1.29 is 13.2 Å². The highest BCUT2D eigenvalue weighted by Gasteiger charge is 2.27. The van der Waals surface area contributed by atoms with Crippen LogP contribution in [0.4, 0.5) is 18.9 Å². The minimum atomic E-state index is -4.18. The standard InChI is InChI=1S/C16H15F3N2S/c1-11-6-12(2)15(22-10-16(17,18)19)7-14(11)21-9-13-4-3-5-20-8-13/h3-9H,10H2,1-2H3. The highest BCUT2D eigenvalue weighted by atomic mass is 32.2. The summed E-state index contributed by atoms with van der Waals surface area (Å²) >= 11 is 0.787. The van der Waals surface area contributed by atoms with Crippen molar-refractivity contribution in [1.82, 2.24) is 4.98 Å². The Hall–Kier alpha value is -1.82. The van der Waals surface area contributed by atoms with Gasteiger partial charge in [-0.2, -0.15) is 13.2 Å². The Bertz CT molecular complexity index is 667. The summed E-state index contributed by atoms with van der Waals surface area (Å²) in [7, 11) is 0. The van der Waals surface area contributed by atoms with Gasteiger partial charge in [-0.05, 0) is 37.1 Å². The van der Waals surface area contributed by atoms with Crippen LogP contribution in [0.25, 0.3) is 0 Å². The lowest BCUT2D eigenvalue weighted by Crippen LogP contribution is -2.10. The van der Waals surface area contributed by atoms with E-state index in [1.54, 1.807) is 37.7 Å². The largest absolute Gasteiger partial charge is 0.398 e. The van der Waals surface area contributed by atoms with E-state index in [0.717, 1.165) is 28.5 Å². The molecule has 6 heteroatoms. The van der Waals surface area contributed by atoms with E-state index in [-0.39, 0.29) is 0 Å². The number of hydrogen-bond acceptors (Lipinski definition) is 3. The maximum atomic E-state index is 12.4. The monoisotopic (exact) mass is 324 g/mol. The molecule has 1 aromatic heterocycles. The van der Waals surface area contributed by atoms with Crippen LogP contribution < -0.4 is 0 Å². The van der Waals surface area contributed by atoms with Gasteiger partial charge in [0, 0.05) is 29.1 Å². The molecule has 22 heavy (non-hydrogen) atoms. The first-order valence-corrected chi connectivity index (χ1v) is 7.58. The van der Waals surface area contributed by atoms with Crippen molar-refractivity contribution in [2.75, 3.05) is 5.75 Å². The Morgan fingerprint density at radius 1 is 1.23 bits per heavy atom. The molecule has 2 aromatic rings. The molecule has 2 rings (SSSR count). The highest BCUT2D eigenvalue weighted by Crippen LogP contribution is 2.33. The molecule has 0 aliphatic heterocycles. The molecule has 0 atom stereocenters. The number of nitrogens with zero attached hydrogens (tertiary/aromatic N) is 2. The highest BCUT2D eigenvalue weighted by molar-refractivity contribution is 7.99. The van der Waals surface area contributed by atoms with Gasteiger partial charge in [0.15, 0.2) is 0 Å². The van der Waals surface area contributed by atoms with Crippen molar-refractivity contribution in [3.63, 3.8) is 0 Å². The number of hydrogen-bond donors (Lipinski definition) is 0. The number of benzene rings is 1. The molecule has 0 bridgehead atoms. The second-order valence-corrected chi connectivity index (χ2v) is 5.87. The number of aryl methyl sites for hydroxylation is 2. The number of pyridine rings is 1. The zero-order valence-electron chi connectivity index (χ0n) is 12.2. The Morgan fingerprint density at radius 3 is 2.64 bits per heavy atom. The lowest BCUT2D eigenvalue weighted by atomic mass is 10.1. The normalized spacial score (nSPS) is 12.0. The van der Waals surface area contributed by atoms with Gasteiger partial charge in [-0.25, -0.2) is 0 Å². The summed E-state index contributed by atoms with van der Waals surface area (Å²) in [5.74, 6) is -0.900. The molecule has 2 nitrogen and oxygen atoms in total. The van der Waals surface area contributed by atoms with E-state index >= 15 is 0 Å². The molecule has 0 aliphatic carbocycles. The molecule has 0 aliphatic rings. The van der Waals surface area contributed by atoms with Crippen molar-refractivity contribution in [2.45, 2.75) is 24.9 Å². The van der Waals surface area contributed by atoms with Crippen molar-refractivity contribution in [3.8, 4) is 0 Å². The second kappa shape index (κ2) is 6.96. The first-order chi connectivity index (χ1) is 10.3. The zero-order chi connectivity index (χ0) is 16.2. The van der Waals surface area contributed by atoms with Gasteiger partial charge in [-0.15, -0.1) is 11.8 Å². The fourth-order valence-electron chi connectivity index (χ4n) is 1.87. The molecule has 0 N–H and O–H groups in total. The maximum absolute atomic E-state index is 12.4. The molecule has 0 unspecified atom stereocenters. The van der Waals surface area contributed by atoms with E-state index in [1.165, 1.54) is 0 Å². The van der Waals surface area contributed by atoms with Gasteiger partial charge in [0.25, 0.3) is 0 Å². The molecule has 0 fully saturated rings. The molecule has 0 saturated carbocycles. The summed E-state index contributed by atoms with van der Waals surface area (Å²) in [4.78, 5) is 8.95. The number of rotatable bonds is 4. The first kappa shape index (κ1) is 16.5. The predicted octanol–water partition coefficient (Wildman–Crippen LogP) is 5.10. The molecular weight excluding hydrogens is 309 g/mol. The van der Waals surface area contributed by atoms with Crippen LogP contribution in [0, 0.1) is 13.8 Å². The third-order valence-electron chi connectivity index (χ3n) is 2.92. The lowest BCUT2D eigenvalue weighted by molar-refractivity contribution is -0.105. The van der Waals surface area contributed by atoms with Crippen LogP contribution in [0.15, 0.2) is 46.5 Å². The van der Waals surface area contributed by atoms with Gasteiger partial charge in [0.05, 0.1) is 11.4 Å². The smallest absolute Gasteiger partial charge is 0.264 e. The van der Waals surface area contributed by atoms with Gasteiger partial charge in [-0.1, -0.05) is 12.1 Å². The van der Waals surface area contributed by atoms with Crippen LogP contribution in [-0.2, 0) is 0 Å². The number of aromatic nitrogens is 1. The van der Waals surface area contributed by atoms with Gasteiger partial charge in [0.1, 0.15) is 0 Å². The third kappa shape index (κ3) is 4.87. The van der Waals surface area contributed by atoms with Crippen LogP contribution in [-0.4, -0.2) is 23.1 Å². The SMILES string of the molecule is Cc1cc(C)c(SCC(F)(F)F)cc1N=Cc1cccnc1. The van der Waals surface area contributed by atoms with Gasteiger partial charge in [-0.3, -0.25) is 9.98 Å². The topological polar surface area (TPSA) is 25.2 Å². The molecule has 0 saturated heterocycles. The third-order valence-corrected chi connectivity index (χ3v) is 4.14. The van der Waals surface area contributed by atoms with Gasteiger partial charge in [0.2, 0.25) is 0 Å². The van der Waals surface area contributed by atoms with Crippen LogP contribution >= 0.6 is 11.8 Å². The Morgan fingerprint density at radius 2 is 2.00 bits per heavy atom. The van der Waals surface area contributed by atoms with Gasteiger partial charge >= 0.3 is 6.18 Å². The van der Waals surface area contributed by atoms with Crippen LogP contribution in [0.2, 0.25) is 0 Å². The summed E-state index contributed by atoms with van der Waals surface area (Å²) in [6.07, 6.45) is 0.816. The molecule has 0 amide bonds. The van der Waals surface area contributed by atoms with E-state index in [1.807, 2.05) is 19.1 Å². The van der Waals surface area contributed by atoms with Gasteiger partial charge < -0.3 is 0 Å². The average Bonchev–Trinajstić information content (AvgIpc) is 2.45. The number of halogens is 3. The van der Waals surface area contributed by atoms with Crippen LogP contribution in [0.5, 0.6) is 0 Å². The Balaban J connectivity index is 2.23. The summed E-state index contributed by atoms with van der Waals surface area (Å²) in [6, 6.07) is 7.22. The number of alkyl halides is 3. The predicted molar refractivity (Wildman–Crippen MR) is 84.2 cm³/mol. The molecule has 0 radical (unpaired) electrons. The van der Waals surface area contributed by atoms with Crippen molar-refractivity contribution >= 4 is 23.7 Å². The second-order valence-electron chi connectivity index (χ2n) is 4.85. The number of aliphatic imine (C=N–C) groups is 1. The molecule has 0 spiro atoms. The maximum Gasteiger partial charge on any atom is 0.398 e. The summed E-state index contributed by atoms with van der Waals surface area (Å²) < 4.78 is 37.1. The molecule has 1 aromatic carbocycles. The summed E-state index contributed by atoms with van der Waals surface area (Å²) in [5.41, 5.74) is 3.26. The first-order valence-electron chi connectivity index (χ1n) is 6.60. The zero-order valence-corrected chi connectivity index (χ0v) is 13.0. The fraction of sp³-hybridized carbons (Fsp3) is 0.250. The minimum Gasteiger partial charge on any atom is -0.264 e. The van der Waals surface area contributed by atoms with Crippen LogP contribution in [0.3, 0.4) is 0 Å². The lowest BCUT2D eigenvalue weighted by Gasteiger charge is -2.11. The summed E-state index contributed by atoms with van der Waals surface area (Å²) in [6.45, 7) is 3.70. The van der Waals surface area contributed by atoms with E-state index in [9.17, 15) is 13.2 Å². The molecular formula is C16H15F3N2S. The fourth-order valence-corrected chi connectivity index (χ4v) is 2.67. The number of thioether (sulfide) groups is 1. The van der Waals surface area contributed by atoms with E-state index in [0.29, 0.717) is 10.6 Å². The van der Waals surface area contributed by atoms with Crippen LogP contribution in [0.1, 0.15) is 16.7 Å². The van der Waals surface area contributed by atoms with E-state index < -0.39 is 11.9 Å². The summed E-state index contributed by atoms with van der Waals surface area (Å²) in [5, 5.41) is 0. The van der Waals surface area contributed by atoms with E-state index in [2.05, 4.69) is 9.98 Å². The Labute approximate surface area is 131 Å². The van der Waals surface area contributed by atoms with Crippen molar-refractivity contribution in [3.05, 3.63) is 53.3 Å². The minimum absolute atomic E-state index is 0.598. The molecule has 1 heterocycles. The van der Waals surface area contributed by atoms with Crippen molar-refractivity contribution in [2.24, 2.45) is 4.99 Å². The van der Waals surface area contributed by atoms with Crippen molar-refractivity contribution in [1.29, 1.82) is 0 Å². The molecule has 116 valence electrons. The average molecular weight is 324 g/mol. The quantitative estimate of drug-likeness (QED) is 0.577.